The normalized spacial score (nSPS) is 12.2. The summed E-state index contributed by atoms with van der Waals surface area (Å²) in [5.41, 5.74) is 1.08. The number of nitrogens with zero attached hydrogens (tertiary/aromatic N) is 1. The number of hydrogen-bond donors (Lipinski definition) is 0. The van der Waals surface area contributed by atoms with Crippen LogP contribution in [-0.2, 0) is 0 Å². The van der Waals surface area contributed by atoms with Crippen molar-refractivity contribution in [2.24, 2.45) is 0 Å². The maximum atomic E-state index is 12.3. The number of nitriles is 1. The van der Waals surface area contributed by atoms with Crippen LogP contribution in [0.2, 0.25) is 0 Å². The Labute approximate surface area is 115 Å². The van der Waals surface area contributed by atoms with Gasteiger partial charge in [0.1, 0.15) is 12.3 Å². The van der Waals surface area contributed by atoms with E-state index in [1.807, 2.05) is 24.3 Å². The number of ether oxygens (including phenoxy) is 2. The molecule has 0 N–H and O–H groups in total. The van der Waals surface area contributed by atoms with Gasteiger partial charge in [0.2, 0.25) is 5.76 Å². The summed E-state index contributed by atoms with van der Waals surface area (Å²) in [6.07, 6.45) is 1.24. The first-order chi connectivity index (χ1) is 9.78. The molecule has 0 aromatic heterocycles. The monoisotopic (exact) mass is 263 g/mol. The smallest absolute Gasteiger partial charge is 0.239 e. The van der Waals surface area contributed by atoms with Crippen molar-refractivity contribution in [1.29, 1.82) is 5.26 Å². The van der Waals surface area contributed by atoms with E-state index < -0.39 is 0 Å². The van der Waals surface area contributed by atoms with Gasteiger partial charge in [0.15, 0.2) is 17.3 Å². The van der Waals surface area contributed by atoms with E-state index in [0.717, 1.165) is 0 Å². The number of benzene rings is 2. The van der Waals surface area contributed by atoms with Gasteiger partial charge in [-0.3, -0.25) is 4.79 Å². The van der Waals surface area contributed by atoms with Gasteiger partial charge < -0.3 is 9.47 Å². The molecule has 2 aromatic rings. The molecular formula is C16H9NO3. The molecule has 0 saturated heterocycles. The Morgan fingerprint density at radius 1 is 1.00 bits per heavy atom. The van der Waals surface area contributed by atoms with E-state index in [9.17, 15) is 4.79 Å². The lowest BCUT2D eigenvalue weighted by Crippen LogP contribution is -2.06. The average molecular weight is 263 g/mol. The Morgan fingerprint density at radius 3 is 2.55 bits per heavy atom. The maximum Gasteiger partial charge on any atom is 0.239 e. The minimum atomic E-state index is -0.106. The van der Waals surface area contributed by atoms with E-state index in [4.69, 9.17) is 14.7 Å². The second kappa shape index (κ2) is 4.90. The fraction of sp³-hybridized carbons (Fsp3) is 0. The predicted molar refractivity (Wildman–Crippen MR) is 71.3 cm³/mol. The molecule has 0 unspecified atom stereocenters. The van der Waals surface area contributed by atoms with Crippen molar-refractivity contribution in [3.05, 3.63) is 71.7 Å². The predicted octanol–water partition coefficient (Wildman–Crippen LogP) is 3.05. The zero-order valence-corrected chi connectivity index (χ0v) is 10.4. The Morgan fingerprint density at radius 2 is 1.80 bits per heavy atom. The number of fused-ring (bicyclic) bond motifs is 1. The molecule has 1 aliphatic rings. The standard InChI is InChI=1S/C16H9NO3/c17-9-13-10-19-14-7-6-12(8-15(14)20-13)16(18)11-4-2-1-3-5-11/h1-8,10H. The highest BCUT2D eigenvalue weighted by Gasteiger charge is 2.17. The first-order valence-corrected chi connectivity index (χ1v) is 5.96. The molecule has 1 aliphatic heterocycles. The van der Waals surface area contributed by atoms with Crippen LogP contribution in [0.1, 0.15) is 15.9 Å². The van der Waals surface area contributed by atoms with Crippen LogP contribution in [0, 0.1) is 11.3 Å². The van der Waals surface area contributed by atoms with Gasteiger partial charge in [-0.05, 0) is 18.2 Å². The van der Waals surface area contributed by atoms with Gasteiger partial charge in [0.25, 0.3) is 0 Å². The average Bonchev–Trinajstić information content (AvgIpc) is 2.54. The van der Waals surface area contributed by atoms with Crippen LogP contribution in [0.5, 0.6) is 11.5 Å². The second-order valence-corrected chi connectivity index (χ2v) is 4.17. The second-order valence-electron chi connectivity index (χ2n) is 4.17. The zero-order chi connectivity index (χ0) is 13.9. The number of rotatable bonds is 2. The Balaban J connectivity index is 1.95. The van der Waals surface area contributed by atoms with Gasteiger partial charge in [-0.1, -0.05) is 30.3 Å². The molecule has 4 heteroatoms. The summed E-state index contributed by atoms with van der Waals surface area (Å²) in [6.45, 7) is 0. The number of allylic oxidation sites excluding steroid dienone is 1. The molecule has 2 aromatic carbocycles. The summed E-state index contributed by atoms with van der Waals surface area (Å²) in [5, 5.41) is 8.78. The third-order valence-electron chi connectivity index (χ3n) is 2.86. The molecule has 0 aliphatic carbocycles. The van der Waals surface area contributed by atoms with Crippen LogP contribution in [-0.4, -0.2) is 5.78 Å². The van der Waals surface area contributed by atoms with Crippen LogP contribution in [0.3, 0.4) is 0 Å². The lowest BCUT2D eigenvalue weighted by atomic mass is 10.0. The van der Waals surface area contributed by atoms with Crippen molar-refractivity contribution in [3.63, 3.8) is 0 Å². The number of hydrogen-bond acceptors (Lipinski definition) is 4. The molecule has 0 atom stereocenters. The molecule has 0 fully saturated rings. The summed E-state index contributed by atoms with van der Waals surface area (Å²) in [4.78, 5) is 12.3. The van der Waals surface area contributed by atoms with Crippen molar-refractivity contribution in [1.82, 2.24) is 0 Å². The largest absolute Gasteiger partial charge is 0.456 e. The van der Waals surface area contributed by atoms with Crippen LogP contribution in [0.15, 0.2) is 60.6 Å². The minimum absolute atomic E-state index is 0.0572. The van der Waals surface area contributed by atoms with Crippen LogP contribution in [0.25, 0.3) is 0 Å². The molecule has 0 radical (unpaired) electrons. The summed E-state index contributed by atoms with van der Waals surface area (Å²) >= 11 is 0. The highest BCUT2D eigenvalue weighted by atomic mass is 16.6. The topological polar surface area (TPSA) is 59.3 Å². The Bertz CT molecular complexity index is 742. The molecule has 20 heavy (non-hydrogen) atoms. The van der Waals surface area contributed by atoms with Crippen molar-refractivity contribution < 1.29 is 14.3 Å². The quantitative estimate of drug-likeness (QED) is 0.781. The molecule has 0 saturated carbocycles. The fourth-order valence-electron chi connectivity index (χ4n) is 1.89. The third kappa shape index (κ3) is 2.13. The molecule has 1 heterocycles. The van der Waals surface area contributed by atoms with E-state index in [1.165, 1.54) is 6.26 Å². The SMILES string of the molecule is N#CC1=COc2ccc(C(=O)c3ccccc3)cc2O1. The lowest BCUT2D eigenvalue weighted by Gasteiger charge is -2.15. The highest BCUT2D eigenvalue weighted by Crippen LogP contribution is 2.33. The molecule has 96 valence electrons. The van der Waals surface area contributed by atoms with Gasteiger partial charge in [0.05, 0.1) is 0 Å². The molecule has 0 bridgehead atoms. The number of ketones is 1. The summed E-state index contributed by atoms with van der Waals surface area (Å²) in [5.74, 6) is 0.798. The van der Waals surface area contributed by atoms with Gasteiger partial charge >= 0.3 is 0 Å². The van der Waals surface area contributed by atoms with Crippen LogP contribution < -0.4 is 9.47 Å². The van der Waals surface area contributed by atoms with E-state index in [1.54, 1.807) is 30.3 Å². The van der Waals surface area contributed by atoms with Crippen LogP contribution in [0.4, 0.5) is 0 Å². The Hall–Kier alpha value is -3.06. The maximum absolute atomic E-state index is 12.3. The molecule has 0 spiro atoms. The highest BCUT2D eigenvalue weighted by molar-refractivity contribution is 6.09. The van der Waals surface area contributed by atoms with Gasteiger partial charge in [-0.2, -0.15) is 5.26 Å². The third-order valence-corrected chi connectivity index (χ3v) is 2.86. The van der Waals surface area contributed by atoms with Gasteiger partial charge in [0, 0.05) is 11.1 Å². The van der Waals surface area contributed by atoms with Gasteiger partial charge in [-0.15, -0.1) is 0 Å². The molecule has 3 rings (SSSR count). The van der Waals surface area contributed by atoms with Gasteiger partial charge in [-0.25, -0.2) is 0 Å². The van der Waals surface area contributed by atoms with E-state index in [-0.39, 0.29) is 11.5 Å². The van der Waals surface area contributed by atoms with Crippen molar-refractivity contribution in [3.8, 4) is 17.6 Å². The molecule has 4 nitrogen and oxygen atoms in total. The van der Waals surface area contributed by atoms with Crippen molar-refractivity contribution >= 4 is 5.78 Å². The van der Waals surface area contributed by atoms with Crippen LogP contribution >= 0.6 is 0 Å². The zero-order valence-electron chi connectivity index (χ0n) is 10.4. The first kappa shape index (κ1) is 12.0. The van der Waals surface area contributed by atoms with E-state index in [0.29, 0.717) is 22.6 Å². The molecule has 0 amide bonds. The van der Waals surface area contributed by atoms with E-state index in [2.05, 4.69) is 0 Å². The number of carbonyl (C=O) groups is 1. The fourth-order valence-corrected chi connectivity index (χ4v) is 1.89. The summed E-state index contributed by atoms with van der Waals surface area (Å²) in [6, 6.07) is 15.7. The first-order valence-electron chi connectivity index (χ1n) is 5.96. The summed E-state index contributed by atoms with van der Waals surface area (Å²) < 4.78 is 10.6. The Kier molecular flexibility index (Phi) is 2.94. The van der Waals surface area contributed by atoms with Crippen molar-refractivity contribution in [2.75, 3.05) is 0 Å². The van der Waals surface area contributed by atoms with E-state index >= 15 is 0 Å². The summed E-state index contributed by atoms with van der Waals surface area (Å²) in [7, 11) is 0. The number of carbonyl (C=O) groups excluding carboxylic acids is 1. The van der Waals surface area contributed by atoms with Crippen molar-refractivity contribution in [2.45, 2.75) is 0 Å². The lowest BCUT2D eigenvalue weighted by molar-refractivity contribution is 0.103. The minimum Gasteiger partial charge on any atom is -0.456 e. The molecular weight excluding hydrogens is 254 g/mol.